The van der Waals surface area contributed by atoms with Gasteiger partial charge in [-0.1, -0.05) is 0 Å². The van der Waals surface area contributed by atoms with E-state index in [-0.39, 0.29) is 6.07 Å². The zero-order valence-electron chi connectivity index (χ0n) is 8.13. The highest BCUT2D eigenvalue weighted by Gasteiger charge is 2.34. The molecule has 1 aromatic heterocycles. The van der Waals surface area contributed by atoms with Crippen LogP contribution in [0.2, 0.25) is 0 Å². The second-order valence-corrected chi connectivity index (χ2v) is 2.86. The minimum Gasteiger partial charge on any atom is -0.478 e. The maximum absolute atomic E-state index is 13.1. The first-order chi connectivity index (χ1) is 8.11. The predicted octanol–water partition coefficient (Wildman–Crippen LogP) is 2.76. The molecule has 1 rings (SSSR count). The summed E-state index contributed by atoms with van der Waals surface area (Å²) < 4.78 is 76.3. The standard InChI is InChI=1S/C8H3F6NO3/c9-2-1-3(18-8(12,13)14)15-5(6(10)11)4(2)7(16)17/h1,6H,(H,16,17). The molecule has 0 saturated heterocycles. The minimum atomic E-state index is -5.26. The van der Waals surface area contributed by atoms with Gasteiger partial charge in [0.1, 0.15) is 17.1 Å². The van der Waals surface area contributed by atoms with E-state index in [0.29, 0.717) is 0 Å². The highest BCUT2D eigenvalue weighted by molar-refractivity contribution is 5.89. The van der Waals surface area contributed by atoms with Gasteiger partial charge in [-0.05, 0) is 0 Å². The van der Waals surface area contributed by atoms with Crippen LogP contribution in [-0.4, -0.2) is 22.4 Å². The Kier molecular flexibility index (Phi) is 3.67. The molecule has 1 N–H and O–H groups in total. The van der Waals surface area contributed by atoms with Gasteiger partial charge < -0.3 is 9.84 Å². The lowest BCUT2D eigenvalue weighted by Crippen LogP contribution is -2.19. The third-order valence-electron chi connectivity index (χ3n) is 1.62. The summed E-state index contributed by atoms with van der Waals surface area (Å²) in [5.74, 6) is -5.37. The van der Waals surface area contributed by atoms with Crippen LogP contribution >= 0.6 is 0 Å². The van der Waals surface area contributed by atoms with Crippen LogP contribution < -0.4 is 4.74 Å². The van der Waals surface area contributed by atoms with E-state index in [1.54, 1.807) is 0 Å². The topological polar surface area (TPSA) is 59.4 Å². The van der Waals surface area contributed by atoms with Crippen molar-refractivity contribution in [2.45, 2.75) is 12.8 Å². The van der Waals surface area contributed by atoms with Gasteiger partial charge in [0, 0.05) is 6.07 Å². The average molecular weight is 275 g/mol. The van der Waals surface area contributed by atoms with Gasteiger partial charge in [0.25, 0.3) is 6.43 Å². The Hall–Kier alpha value is -2.00. The van der Waals surface area contributed by atoms with Gasteiger partial charge in [0.05, 0.1) is 0 Å². The summed E-state index contributed by atoms with van der Waals surface area (Å²) in [6, 6.07) is -0.0389. The number of hydrogen-bond acceptors (Lipinski definition) is 3. The maximum atomic E-state index is 13.1. The molecule has 1 aromatic rings. The molecule has 0 atom stereocenters. The van der Waals surface area contributed by atoms with Crippen LogP contribution in [0.15, 0.2) is 6.07 Å². The van der Waals surface area contributed by atoms with Crippen molar-refractivity contribution >= 4 is 5.97 Å². The monoisotopic (exact) mass is 275 g/mol. The molecule has 0 aliphatic carbocycles. The lowest BCUT2D eigenvalue weighted by molar-refractivity contribution is -0.276. The fourth-order valence-corrected chi connectivity index (χ4v) is 1.05. The Morgan fingerprint density at radius 1 is 1.39 bits per heavy atom. The van der Waals surface area contributed by atoms with Crippen molar-refractivity contribution in [3.05, 3.63) is 23.1 Å². The fraction of sp³-hybridized carbons (Fsp3) is 0.250. The van der Waals surface area contributed by atoms with E-state index < -0.39 is 41.7 Å². The zero-order chi connectivity index (χ0) is 14.1. The number of hydrogen-bond donors (Lipinski definition) is 1. The Balaban J connectivity index is 3.32. The smallest absolute Gasteiger partial charge is 0.478 e. The van der Waals surface area contributed by atoms with E-state index >= 15 is 0 Å². The number of carbonyl (C=O) groups is 1. The van der Waals surface area contributed by atoms with Crippen LogP contribution in [0, 0.1) is 5.82 Å². The van der Waals surface area contributed by atoms with Crippen LogP contribution in [0.3, 0.4) is 0 Å². The molecule has 0 aromatic carbocycles. The largest absolute Gasteiger partial charge is 0.574 e. The molecule has 18 heavy (non-hydrogen) atoms. The van der Waals surface area contributed by atoms with Crippen molar-refractivity contribution in [3.63, 3.8) is 0 Å². The van der Waals surface area contributed by atoms with E-state index in [0.717, 1.165) is 0 Å². The van der Waals surface area contributed by atoms with Gasteiger partial charge in [-0.3, -0.25) is 0 Å². The summed E-state index contributed by atoms with van der Waals surface area (Å²) in [6.45, 7) is 0. The van der Waals surface area contributed by atoms with Gasteiger partial charge in [-0.2, -0.15) is 0 Å². The lowest BCUT2D eigenvalue weighted by atomic mass is 10.2. The molecule has 0 aliphatic rings. The quantitative estimate of drug-likeness (QED) is 0.862. The second kappa shape index (κ2) is 4.70. The van der Waals surface area contributed by atoms with Gasteiger partial charge >= 0.3 is 12.3 Å². The Labute approximate surface area is 94.8 Å². The SMILES string of the molecule is O=C(O)c1c(F)cc(OC(F)(F)F)nc1C(F)F. The van der Waals surface area contributed by atoms with Crippen molar-refractivity contribution in [1.82, 2.24) is 4.98 Å². The van der Waals surface area contributed by atoms with Gasteiger partial charge in [-0.25, -0.2) is 22.9 Å². The molecule has 0 radical (unpaired) electrons. The summed E-state index contributed by atoms with van der Waals surface area (Å²) >= 11 is 0. The van der Waals surface area contributed by atoms with Gasteiger partial charge in [-0.15, -0.1) is 13.2 Å². The number of carboxylic acid groups (broad SMARTS) is 1. The molecule has 0 amide bonds. The summed E-state index contributed by atoms with van der Waals surface area (Å²) in [5.41, 5.74) is -3.14. The van der Waals surface area contributed by atoms with E-state index in [1.807, 2.05) is 0 Å². The summed E-state index contributed by atoms with van der Waals surface area (Å²) in [5, 5.41) is 8.44. The van der Waals surface area contributed by atoms with Crippen molar-refractivity contribution in [1.29, 1.82) is 0 Å². The predicted molar refractivity (Wildman–Crippen MR) is 42.8 cm³/mol. The number of alkyl halides is 5. The van der Waals surface area contributed by atoms with E-state index in [9.17, 15) is 31.1 Å². The maximum Gasteiger partial charge on any atom is 0.574 e. The minimum absolute atomic E-state index is 0.0389. The van der Waals surface area contributed by atoms with E-state index in [1.165, 1.54) is 0 Å². The Morgan fingerprint density at radius 3 is 2.33 bits per heavy atom. The number of nitrogens with zero attached hydrogens (tertiary/aromatic N) is 1. The molecule has 1 heterocycles. The van der Waals surface area contributed by atoms with Crippen LogP contribution in [0.1, 0.15) is 22.5 Å². The van der Waals surface area contributed by atoms with E-state index in [4.69, 9.17) is 5.11 Å². The van der Waals surface area contributed by atoms with Gasteiger partial charge in [0.2, 0.25) is 5.88 Å². The van der Waals surface area contributed by atoms with Crippen molar-refractivity contribution in [3.8, 4) is 5.88 Å². The van der Waals surface area contributed by atoms with Crippen LogP contribution in [0.25, 0.3) is 0 Å². The zero-order valence-corrected chi connectivity index (χ0v) is 8.13. The molecular formula is C8H3F6NO3. The van der Waals surface area contributed by atoms with Crippen molar-refractivity contribution in [2.24, 2.45) is 0 Å². The highest BCUT2D eigenvalue weighted by Crippen LogP contribution is 2.28. The average Bonchev–Trinajstić information content (AvgIpc) is 2.12. The third-order valence-corrected chi connectivity index (χ3v) is 1.62. The Morgan fingerprint density at radius 2 is 1.94 bits per heavy atom. The molecule has 0 aliphatic heterocycles. The number of carboxylic acids is 1. The van der Waals surface area contributed by atoms with Crippen molar-refractivity contribution in [2.75, 3.05) is 0 Å². The second-order valence-electron chi connectivity index (χ2n) is 2.86. The van der Waals surface area contributed by atoms with Crippen LogP contribution in [0.5, 0.6) is 5.88 Å². The Bertz CT molecular complexity index is 473. The highest BCUT2D eigenvalue weighted by atomic mass is 19.4. The summed E-state index contributed by atoms with van der Waals surface area (Å²) in [4.78, 5) is 13.1. The number of ether oxygens (including phenoxy) is 1. The molecule has 100 valence electrons. The third kappa shape index (κ3) is 3.25. The van der Waals surface area contributed by atoms with Crippen LogP contribution in [-0.2, 0) is 0 Å². The molecule has 10 heteroatoms. The molecule has 0 fully saturated rings. The fourth-order valence-electron chi connectivity index (χ4n) is 1.05. The van der Waals surface area contributed by atoms with Crippen molar-refractivity contribution < 1.29 is 41.0 Å². The first-order valence-electron chi connectivity index (χ1n) is 4.09. The number of pyridine rings is 1. The lowest BCUT2D eigenvalue weighted by Gasteiger charge is -2.11. The normalized spacial score (nSPS) is 11.7. The molecule has 4 nitrogen and oxygen atoms in total. The first kappa shape index (κ1) is 14.1. The van der Waals surface area contributed by atoms with Gasteiger partial charge in [0.15, 0.2) is 0 Å². The molecule has 0 unspecified atom stereocenters. The molecule has 0 spiro atoms. The van der Waals surface area contributed by atoms with E-state index in [2.05, 4.69) is 9.72 Å². The summed E-state index contributed by atoms with van der Waals surface area (Å²) in [6.07, 6.45) is -8.83. The number of aromatic nitrogens is 1. The first-order valence-corrected chi connectivity index (χ1v) is 4.09. The molecule has 0 saturated carbocycles. The number of rotatable bonds is 3. The molecule has 0 bridgehead atoms. The number of halogens is 6. The molecular weight excluding hydrogens is 272 g/mol. The number of aromatic carboxylic acids is 1. The summed E-state index contributed by atoms with van der Waals surface area (Å²) in [7, 11) is 0. The van der Waals surface area contributed by atoms with Crippen LogP contribution in [0.4, 0.5) is 26.3 Å².